The van der Waals surface area contributed by atoms with E-state index in [9.17, 15) is 17.6 Å². The average Bonchev–Trinajstić information content (AvgIpc) is 3.09. The van der Waals surface area contributed by atoms with E-state index in [1.807, 2.05) is 0 Å². The normalized spacial score (nSPS) is 15.2. The van der Waals surface area contributed by atoms with Gasteiger partial charge >= 0.3 is 0 Å². The fourth-order valence-corrected chi connectivity index (χ4v) is 4.59. The van der Waals surface area contributed by atoms with E-state index in [-0.39, 0.29) is 11.6 Å². The molecule has 0 aromatic heterocycles. The summed E-state index contributed by atoms with van der Waals surface area (Å²) in [4.78, 5) is 11.9. The second-order valence-corrected chi connectivity index (χ2v) is 8.81. The molecule has 0 saturated heterocycles. The van der Waals surface area contributed by atoms with Gasteiger partial charge in [-0.3, -0.25) is 4.79 Å². The second-order valence-electron chi connectivity index (χ2n) is 6.21. The third kappa shape index (κ3) is 4.49. The lowest BCUT2D eigenvalue weighted by Crippen LogP contribution is -2.33. The van der Waals surface area contributed by atoms with Gasteiger partial charge < -0.3 is 5.32 Å². The highest BCUT2D eigenvalue weighted by Crippen LogP contribution is 2.23. The van der Waals surface area contributed by atoms with Crippen molar-refractivity contribution in [2.24, 2.45) is 0 Å². The molecule has 3 rings (SSSR count). The highest BCUT2D eigenvalue weighted by atomic mass is 79.9. The van der Waals surface area contributed by atoms with Gasteiger partial charge in [-0.15, -0.1) is 0 Å². The number of anilines is 1. The first-order valence-electron chi connectivity index (χ1n) is 8.24. The largest absolute Gasteiger partial charge is 0.322 e. The Morgan fingerprint density at radius 1 is 1.08 bits per heavy atom. The Bertz CT molecular complexity index is 911. The zero-order chi connectivity index (χ0) is 18.7. The van der Waals surface area contributed by atoms with Gasteiger partial charge in [-0.1, -0.05) is 28.8 Å². The van der Waals surface area contributed by atoms with Crippen LogP contribution in [0.25, 0.3) is 0 Å². The van der Waals surface area contributed by atoms with Gasteiger partial charge in [0.2, 0.25) is 10.0 Å². The van der Waals surface area contributed by atoms with Crippen LogP contribution in [-0.4, -0.2) is 20.4 Å². The molecule has 0 bridgehead atoms. The van der Waals surface area contributed by atoms with Gasteiger partial charge in [-0.2, -0.15) is 0 Å². The monoisotopic (exact) mass is 440 g/mol. The van der Waals surface area contributed by atoms with Crippen LogP contribution in [0.15, 0.2) is 51.8 Å². The zero-order valence-electron chi connectivity index (χ0n) is 13.8. The molecule has 1 amide bonds. The summed E-state index contributed by atoms with van der Waals surface area (Å²) in [5.74, 6) is -1.39. The number of hydrogen-bond acceptors (Lipinski definition) is 3. The zero-order valence-corrected chi connectivity index (χ0v) is 16.2. The maximum atomic E-state index is 14.1. The van der Waals surface area contributed by atoms with E-state index in [2.05, 4.69) is 26.0 Å². The van der Waals surface area contributed by atoms with E-state index in [0.717, 1.165) is 42.3 Å². The van der Waals surface area contributed by atoms with Crippen LogP contribution in [0.1, 0.15) is 36.0 Å². The van der Waals surface area contributed by atoms with E-state index in [1.165, 1.54) is 6.07 Å². The summed E-state index contributed by atoms with van der Waals surface area (Å²) in [6.07, 6.45) is 3.38. The van der Waals surface area contributed by atoms with Gasteiger partial charge in [0.25, 0.3) is 5.91 Å². The van der Waals surface area contributed by atoms with Gasteiger partial charge in [0.1, 0.15) is 10.7 Å². The minimum Gasteiger partial charge on any atom is -0.322 e. The van der Waals surface area contributed by atoms with E-state index in [0.29, 0.717) is 5.69 Å². The molecule has 138 valence electrons. The number of benzene rings is 2. The predicted octanol–water partition coefficient (Wildman–Crippen LogP) is 4.06. The summed E-state index contributed by atoms with van der Waals surface area (Å²) < 4.78 is 42.5. The van der Waals surface area contributed by atoms with Crippen LogP contribution in [0.5, 0.6) is 0 Å². The molecule has 0 aliphatic heterocycles. The molecule has 2 N–H and O–H groups in total. The van der Waals surface area contributed by atoms with Crippen LogP contribution < -0.4 is 10.0 Å². The molecule has 5 nitrogen and oxygen atoms in total. The lowest BCUT2D eigenvalue weighted by molar-refractivity contribution is 0.102. The van der Waals surface area contributed by atoms with Crippen molar-refractivity contribution in [2.45, 2.75) is 36.6 Å². The number of hydrogen-bond donors (Lipinski definition) is 2. The summed E-state index contributed by atoms with van der Waals surface area (Å²) in [6.45, 7) is 0. The summed E-state index contributed by atoms with van der Waals surface area (Å²) in [5.41, 5.74) is 0.622. The summed E-state index contributed by atoms with van der Waals surface area (Å²) in [7, 11) is -4.02. The predicted molar refractivity (Wildman–Crippen MR) is 101 cm³/mol. The Balaban J connectivity index is 1.82. The van der Waals surface area contributed by atoms with Crippen LogP contribution in [-0.2, 0) is 10.0 Å². The van der Waals surface area contributed by atoms with E-state index in [4.69, 9.17) is 0 Å². The third-order valence-corrected chi connectivity index (χ3v) is 6.33. The Morgan fingerprint density at radius 2 is 1.73 bits per heavy atom. The van der Waals surface area contributed by atoms with Crippen molar-refractivity contribution in [3.63, 3.8) is 0 Å². The molecule has 0 atom stereocenters. The van der Waals surface area contributed by atoms with Crippen molar-refractivity contribution < 1.29 is 17.6 Å². The number of sulfonamides is 1. The summed E-state index contributed by atoms with van der Waals surface area (Å²) >= 11 is 3.30. The lowest BCUT2D eigenvalue weighted by atomic mass is 10.2. The maximum Gasteiger partial charge on any atom is 0.255 e. The molecule has 0 unspecified atom stereocenters. The molecule has 26 heavy (non-hydrogen) atoms. The number of nitrogens with one attached hydrogen (secondary N) is 2. The Morgan fingerprint density at radius 3 is 2.38 bits per heavy atom. The summed E-state index contributed by atoms with van der Waals surface area (Å²) in [6, 6.07) is 10.1. The molecule has 0 heterocycles. The number of carbonyl (C=O) groups excluding carboxylic acids is 1. The van der Waals surface area contributed by atoms with Crippen LogP contribution in [0.4, 0.5) is 10.1 Å². The topological polar surface area (TPSA) is 75.3 Å². The Kier molecular flexibility index (Phi) is 5.74. The van der Waals surface area contributed by atoms with Crippen LogP contribution >= 0.6 is 15.9 Å². The lowest BCUT2D eigenvalue weighted by Gasteiger charge is -2.14. The van der Waals surface area contributed by atoms with Crippen molar-refractivity contribution >= 4 is 37.5 Å². The molecule has 0 spiro atoms. The minimum absolute atomic E-state index is 0.0705. The van der Waals surface area contributed by atoms with Gasteiger partial charge in [0.05, 0.1) is 0 Å². The highest BCUT2D eigenvalue weighted by molar-refractivity contribution is 9.10. The molecule has 1 fully saturated rings. The molecule has 1 aliphatic carbocycles. The molecule has 1 aliphatic rings. The van der Waals surface area contributed by atoms with E-state index in [1.54, 1.807) is 24.3 Å². The van der Waals surface area contributed by atoms with Crippen LogP contribution in [0, 0.1) is 5.82 Å². The minimum atomic E-state index is -4.02. The fourth-order valence-electron chi connectivity index (χ4n) is 2.91. The first-order chi connectivity index (χ1) is 12.3. The average molecular weight is 441 g/mol. The molecule has 2 aromatic rings. The van der Waals surface area contributed by atoms with Crippen molar-refractivity contribution in [1.82, 2.24) is 4.72 Å². The Labute approximate surface area is 160 Å². The number of rotatable bonds is 5. The van der Waals surface area contributed by atoms with Crippen LogP contribution in [0.3, 0.4) is 0 Å². The van der Waals surface area contributed by atoms with Gasteiger partial charge in [0.15, 0.2) is 0 Å². The van der Waals surface area contributed by atoms with Crippen molar-refractivity contribution in [1.29, 1.82) is 0 Å². The third-order valence-electron chi connectivity index (χ3n) is 4.26. The number of halogens is 2. The molecular formula is C18H18BrFN2O3S. The number of carbonyl (C=O) groups is 1. The molecule has 0 radical (unpaired) electrons. The van der Waals surface area contributed by atoms with Crippen molar-refractivity contribution in [3.8, 4) is 0 Å². The van der Waals surface area contributed by atoms with Gasteiger partial charge in [0, 0.05) is 21.8 Å². The smallest absolute Gasteiger partial charge is 0.255 e. The maximum absolute atomic E-state index is 14.1. The van der Waals surface area contributed by atoms with Gasteiger partial charge in [-0.05, 0) is 55.3 Å². The fraction of sp³-hybridized carbons (Fsp3) is 0.278. The molecular weight excluding hydrogens is 423 g/mol. The van der Waals surface area contributed by atoms with Crippen molar-refractivity contribution in [2.75, 3.05) is 5.32 Å². The van der Waals surface area contributed by atoms with Gasteiger partial charge in [-0.25, -0.2) is 17.5 Å². The first kappa shape index (κ1) is 19.0. The standard InChI is InChI=1S/C18H18BrFN2O3S/c19-13-6-8-14(9-7-13)21-18(23)12-5-10-16(20)17(11-12)26(24,25)22-15-3-1-2-4-15/h5-11,15,22H,1-4H2,(H,21,23). The Hall–Kier alpha value is -1.77. The quantitative estimate of drug-likeness (QED) is 0.735. The van der Waals surface area contributed by atoms with E-state index >= 15 is 0 Å². The summed E-state index contributed by atoms with van der Waals surface area (Å²) in [5, 5.41) is 2.66. The SMILES string of the molecule is O=C(Nc1ccc(Br)cc1)c1ccc(F)c(S(=O)(=O)NC2CCCC2)c1. The van der Waals surface area contributed by atoms with Crippen LogP contribution in [0.2, 0.25) is 0 Å². The van der Waals surface area contributed by atoms with Crippen molar-refractivity contribution in [3.05, 3.63) is 58.3 Å². The molecule has 2 aromatic carbocycles. The number of amides is 1. The second kappa shape index (κ2) is 7.85. The van der Waals surface area contributed by atoms with E-state index < -0.39 is 26.6 Å². The highest BCUT2D eigenvalue weighted by Gasteiger charge is 2.26. The molecule has 1 saturated carbocycles. The molecule has 8 heteroatoms. The first-order valence-corrected chi connectivity index (χ1v) is 10.5.